The van der Waals surface area contributed by atoms with E-state index in [-0.39, 0.29) is 5.82 Å². The molecule has 0 aliphatic heterocycles. The number of hydrogen-bond acceptors (Lipinski definition) is 4. The van der Waals surface area contributed by atoms with Gasteiger partial charge in [0.25, 0.3) is 5.82 Å². The second-order valence-electron chi connectivity index (χ2n) is 4.36. The number of nitrogens with zero attached hydrogens (tertiary/aromatic N) is 4. The summed E-state index contributed by atoms with van der Waals surface area (Å²) in [7, 11) is 1.60. The Morgan fingerprint density at radius 1 is 1.42 bits per heavy atom. The first-order chi connectivity index (χ1) is 9.06. The van der Waals surface area contributed by atoms with Crippen LogP contribution in [-0.4, -0.2) is 24.4 Å². The molecule has 3 rings (SSSR count). The zero-order valence-corrected chi connectivity index (χ0v) is 10.4. The maximum atomic E-state index is 10.8. The first-order valence-electron chi connectivity index (χ1n) is 5.69. The number of hydrogen-bond donors (Lipinski definition) is 1. The van der Waals surface area contributed by atoms with Gasteiger partial charge < -0.3 is 15.1 Å². The number of rotatable bonds is 2. The molecule has 0 atom stereocenters. The minimum absolute atomic E-state index is 0.0633. The molecule has 7 nitrogen and oxygen atoms in total. The van der Waals surface area contributed by atoms with Crippen LogP contribution in [0.3, 0.4) is 0 Å². The number of aryl methyl sites for hydroxylation is 1. The van der Waals surface area contributed by atoms with Gasteiger partial charge in [-0.1, -0.05) is 6.07 Å². The summed E-state index contributed by atoms with van der Waals surface area (Å²) in [5, 5.41) is 10.8. The molecule has 0 spiro atoms. The van der Waals surface area contributed by atoms with Crippen LogP contribution in [0.25, 0.3) is 22.7 Å². The van der Waals surface area contributed by atoms with Crippen LogP contribution in [0.5, 0.6) is 0 Å². The molecular formula is C12H11N5O2. The van der Waals surface area contributed by atoms with Crippen molar-refractivity contribution in [2.45, 2.75) is 6.92 Å². The monoisotopic (exact) mass is 257 g/mol. The highest BCUT2D eigenvalue weighted by atomic mass is 16.6. The largest absolute Gasteiger partial charge is 0.358 e. The second kappa shape index (κ2) is 3.91. The predicted molar refractivity (Wildman–Crippen MR) is 69.7 cm³/mol. The van der Waals surface area contributed by atoms with E-state index < -0.39 is 4.92 Å². The molecule has 0 unspecified atom stereocenters. The summed E-state index contributed by atoms with van der Waals surface area (Å²) >= 11 is 0. The van der Waals surface area contributed by atoms with Crippen molar-refractivity contribution in [2.24, 2.45) is 7.05 Å². The van der Waals surface area contributed by atoms with E-state index in [2.05, 4.69) is 15.0 Å². The van der Waals surface area contributed by atoms with Crippen LogP contribution in [-0.2, 0) is 7.05 Å². The molecule has 1 aromatic carbocycles. The number of nitrogens with one attached hydrogen (secondary N) is 1. The Labute approximate surface area is 108 Å². The SMILES string of the molecule is Cc1ccc2nc(-c3ncc([N+](=O)[O-])n3C)[nH]c2c1. The fourth-order valence-corrected chi connectivity index (χ4v) is 2.02. The Hall–Kier alpha value is -2.70. The highest BCUT2D eigenvalue weighted by molar-refractivity contribution is 5.79. The Bertz CT molecular complexity index is 787. The lowest BCUT2D eigenvalue weighted by Gasteiger charge is -1.95. The third-order valence-corrected chi connectivity index (χ3v) is 3.00. The van der Waals surface area contributed by atoms with Gasteiger partial charge in [0.1, 0.15) is 6.20 Å². The molecule has 0 saturated heterocycles. The number of nitro groups is 1. The molecule has 7 heteroatoms. The van der Waals surface area contributed by atoms with Crippen molar-refractivity contribution in [2.75, 3.05) is 0 Å². The highest BCUT2D eigenvalue weighted by Crippen LogP contribution is 2.23. The summed E-state index contributed by atoms with van der Waals surface area (Å²) in [5.74, 6) is 0.906. The molecule has 2 heterocycles. The van der Waals surface area contributed by atoms with E-state index in [4.69, 9.17) is 0 Å². The van der Waals surface area contributed by atoms with Crippen LogP contribution < -0.4 is 0 Å². The molecule has 0 aliphatic rings. The van der Waals surface area contributed by atoms with Gasteiger partial charge in [-0.25, -0.2) is 14.5 Å². The highest BCUT2D eigenvalue weighted by Gasteiger charge is 2.20. The van der Waals surface area contributed by atoms with Crippen molar-refractivity contribution in [1.29, 1.82) is 0 Å². The molecule has 0 fully saturated rings. The van der Waals surface area contributed by atoms with Gasteiger partial charge in [0.15, 0.2) is 5.82 Å². The summed E-state index contributed by atoms with van der Waals surface area (Å²) < 4.78 is 1.41. The van der Waals surface area contributed by atoms with E-state index in [1.807, 2.05) is 25.1 Å². The topological polar surface area (TPSA) is 89.6 Å². The Morgan fingerprint density at radius 2 is 2.21 bits per heavy atom. The standard InChI is InChI=1S/C12H11N5O2/c1-7-3-4-8-9(5-7)15-11(14-8)12-13-6-10(16(12)2)17(18)19/h3-6H,1-2H3,(H,14,15). The zero-order valence-electron chi connectivity index (χ0n) is 10.4. The molecule has 96 valence electrons. The van der Waals surface area contributed by atoms with Gasteiger partial charge >= 0.3 is 5.82 Å². The summed E-state index contributed by atoms with van der Waals surface area (Å²) in [6.45, 7) is 1.99. The number of H-pyrrole nitrogens is 1. The lowest BCUT2D eigenvalue weighted by molar-refractivity contribution is -0.391. The first kappa shape index (κ1) is 11.4. The molecule has 0 aliphatic carbocycles. The second-order valence-corrected chi connectivity index (χ2v) is 4.36. The Balaban J connectivity index is 2.16. The van der Waals surface area contributed by atoms with E-state index in [0.717, 1.165) is 16.6 Å². The van der Waals surface area contributed by atoms with Crippen LogP contribution in [0.15, 0.2) is 24.4 Å². The number of aromatic amines is 1. The Morgan fingerprint density at radius 3 is 2.89 bits per heavy atom. The van der Waals surface area contributed by atoms with Crippen LogP contribution >= 0.6 is 0 Å². The summed E-state index contributed by atoms with van der Waals surface area (Å²) in [4.78, 5) is 21.9. The lowest BCUT2D eigenvalue weighted by Crippen LogP contribution is -1.99. The number of fused-ring (bicyclic) bond motifs is 1. The molecular weight excluding hydrogens is 246 g/mol. The van der Waals surface area contributed by atoms with Crippen molar-refractivity contribution in [3.8, 4) is 11.6 Å². The number of imidazole rings is 2. The minimum Gasteiger partial charge on any atom is -0.358 e. The molecule has 2 aromatic heterocycles. The fourth-order valence-electron chi connectivity index (χ4n) is 2.02. The van der Waals surface area contributed by atoms with Gasteiger partial charge in [-0.2, -0.15) is 0 Å². The molecule has 0 saturated carbocycles. The molecule has 0 amide bonds. The van der Waals surface area contributed by atoms with Crippen LogP contribution in [0, 0.1) is 17.0 Å². The van der Waals surface area contributed by atoms with Crippen LogP contribution in [0.2, 0.25) is 0 Å². The summed E-state index contributed by atoms with van der Waals surface area (Å²) in [5.41, 5.74) is 2.82. The zero-order chi connectivity index (χ0) is 13.6. The van der Waals surface area contributed by atoms with Crippen molar-refractivity contribution >= 4 is 16.9 Å². The average Bonchev–Trinajstić information content (AvgIpc) is 2.91. The van der Waals surface area contributed by atoms with E-state index in [0.29, 0.717) is 11.6 Å². The van der Waals surface area contributed by atoms with Gasteiger partial charge in [-0.05, 0) is 29.5 Å². The normalized spacial score (nSPS) is 11.1. The minimum atomic E-state index is -0.469. The van der Waals surface area contributed by atoms with Crippen molar-refractivity contribution in [3.05, 3.63) is 40.1 Å². The molecule has 3 aromatic rings. The van der Waals surface area contributed by atoms with Gasteiger partial charge in [-0.3, -0.25) is 0 Å². The van der Waals surface area contributed by atoms with Gasteiger partial charge in [-0.15, -0.1) is 0 Å². The van der Waals surface area contributed by atoms with E-state index in [9.17, 15) is 10.1 Å². The molecule has 0 bridgehead atoms. The fraction of sp³-hybridized carbons (Fsp3) is 0.167. The van der Waals surface area contributed by atoms with E-state index >= 15 is 0 Å². The van der Waals surface area contributed by atoms with Crippen LogP contribution in [0.1, 0.15) is 5.56 Å². The van der Waals surface area contributed by atoms with Crippen molar-refractivity contribution in [1.82, 2.24) is 19.5 Å². The maximum absolute atomic E-state index is 10.8. The number of aromatic nitrogens is 4. The van der Waals surface area contributed by atoms with Crippen LogP contribution in [0.4, 0.5) is 5.82 Å². The van der Waals surface area contributed by atoms with E-state index in [1.54, 1.807) is 7.05 Å². The third kappa shape index (κ3) is 1.75. The van der Waals surface area contributed by atoms with E-state index in [1.165, 1.54) is 10.8 Å². The van der Waals surface area contributed by atoms with Gasteiger partial charge in [0, 0.05) is 0 Å². The smallest absolute Gasteiger partial charge is 0.343 e. The lowest BCUT2D eigenvalue weighted by atomic mass is 10.2. The Kier molecular flexibility index (Phi) is 2.34. The average molecular weight is 257 g/mol. The molecule has 19 heavy (non-hydrogen) atoms. The van der Waals surface area contributed by atoms with Crippen molar-refractivity contribution < 1.29 is 4.92 Å². The molecule has 0 radical (unpaired) electrons. The summed E-state index contributed by atoms with van der Waals surface area (Å²) in [6.07, 6.45) is 1.23. The molecule has 1 N–H and O–H groups in total. The maximum Gasteiger partial charge on any atom is 0.343 e. The first-order valence-corrected chi connectivity index (χ1v) is 5.69. The third-order valence-electron chi connectivity index (χ3n) is 3.00. The van der Waals surface area contributed by atoms with Gasteiger partial charge in [0.05, 0.1) is 18.1 Å². The van der Waals surface area contributed by atoms with Crippen molar-refractivity contribution in [3.63, 3.8) is 0 Å². The predicted octanol–water partition coefficient (Wildman–Crippen LogP) is 2.18. The summed E-state index contributed by atoms with van der Waals surface area (Å²) in [6, 6.07) is 5.85. The quantitative estimate of drug-likeness (QED) is 0.562. The number of benzene rings is 1. The van der Waals surface area contributed by atoms with Gasteiger partial charge in [0.2, 0.25) is 0 Å².